The summed E-state index contributed by atoms with van der Waals surface area (Å²) in [5.74, 6) is 1.16. The molecule has 1 N–H and O–H groups in total. The fraction of sp³-hybridized carbons (Fsp3) is 0.500. The summed E-state index contributed by atoms with van der Waals surface area (Å²) in [6.45, 7) is 5.56. The van der Waals surface area contributed by atoms with Crippen LogP contribution >= 0.6 is 0 Å². The minimum absolute atomic E-state index is 0.536. The summed E-state index contributed by atoms with van der Waals surface area (Å²) in [6.07, 6.45) is 4.38. The van der Waals surface area contributed by atoms with Gasteiger partial charge in [0, 0.05) is 12.0 Å². The molecule has 1 aliphatic rings. The normalized spacial score (nSPS) is 26.0. The van der Waals surface area contributed by atoms with Crippen LogP contribution in [-0.2, 0) is 0 Å². The summed E-state index contributed by atoms with van der Waals surface area (Å²) < 4.78 is 2.00. The van der Waals surface area contributed by atoms with Gasteiger partial charge >= 0.3 is 0 Å². The van der Waals surface area contributed by atoms with Crippen molar-refractivity contribution >= 4 is 0 Å². The van der Waals surface area contributed by atoms with Crippen LogP contribution < -0.4 is 5.32 Å². The molecule has 0 amide bonds. The molecule has 1 aromatic heterocycles. The predicted octanol–water partition coefficient (Wildman–Crippen LogP) is 2.76. The molecule has 0 aliphatic heterocycles. The van der Waals surface area contributed by atoms with Gasteiger partial charge in [0.25, 0.3) is 0 Å². The van der Waals surface area contributed by atoms with E-state index in [2.05, 4.69) is 41.6 Å². The Morgan fingerprint density at radius 1 is 1.25 bits per heavy atom. The summed E-state index contributed by atoms with van der Waals surface area (Å²) in [4.78, 5) is 0. The van der Waals surface area contributed by atoms with Crippen molar-refractivity contribution in [1.29, 1.82) is 0 Å². The molecule has 4 nitrogen and oxygen atoms in total. The Balaban J connectivity index is 1.88. The molecule has 1 aromatic carbocycles. The van der Waals surface area contributed by atoms with Gasteiger partial charge in [0.1, 0.15) is 0 Å². The molecule has 1 saturated carbocycles. The van der Waals surface area contributed by atoms with Crippen LogP contribution in [0.2, 0.25) is 0 Å². The van der Waals surface area contributed by atoms with E-state index >= 15 is 0 Å². The van der Waals surface area contributed by atoms with E-state index < -0.39 is 0 Å². The molecule has 3 rings (SSSR count). The summed E-state index contributed by atoms with van der Waals surface area (Å²) in [7, 11) is 0. The lowest BCUT2D eigenvalue weighted by Crippen LogP contribution is -2.32. The van der Waals surface area contributed by atoms with Crippen molar-refractivity contribution in [2.24, 2.45) is 5.92 Å². The van der Waals surface area contributed by atoms with E-state index in [1.807, 2.05) is 29.1 Å². The maximum atomic E-state index is 4.28. The molecule has 1 heterocycles. The van der Waals surface area contributed by atoms with Gasteiger partial charge in [-0.3, -0.25) is 0 Å². The van der Waals surface area contributed by atoms with Crippen molar-refractivity contribution < 1.29 is 0 Å². The molecular weight excluding hydrogens is 248 g/mol. The molecule has 0 saturated heterocycles. The third-order valence-corrected chi connectivity index (χ3v) is 4.48. The van der Waals surface area contributed by atoms with Gasteiger partial charge < -0.3 is 5.32 Å². The average molecular weight is 270 g/mol. The SMILES string of the molecule is CCNC1CCC(c2cnnn2-c2ccccc2)C1C. The summed E-state index contributed by atoms with van der Waals surface area (Å²) in [5, 5.41) is 12.0. The zero-order valence-electron chi connectivity index (χ0n) is 12.2. The van der Waals surface area contributed by atoms with E-state index in [1.54, 1.807) is 0 Å². The summed E-state index contributed by atoms with van der Waals surface area (Å²) >= 11 is 0. The van der Waals surface area contributed by atoms with Crippen molar-refractivity contribution in [1.82, 2.24) is 20.3 Å². The number of hydrogen-bond donors (Lipinski definition) is 1. The van der Waals surface area contributed by atoms with E-state index in [4.69, 9.17) is 0 Å². The number of nitrogens with zero attached hydrogens (tertiary/aromatic N) is 3. The lowest BCUT2D eigenvalue weighted by atomic mass is 9.93. The van der Waals surface area contributed by atoms with Crippen LogP contribution in [0, 0.1) is 5.92 Å². The molecule has 0 bridgehead atoms. The first-order valence-corrected chi connectivity index (χ1v) is 7.50. The second kappa shape index (κ2) is 5.75. The van der Waals surface area contributed by atoms with E-state index in [-0.39, 0.29) is 0 Å². The maximum absolute atomic E-state index is 4.28. The fourth-order valence-electron chi connectivity index (χ4n) is 3.40. The second-order valence-electron chi connectivity index (χ2n) is 5.61. The molecule has 106 valence electrons. The standard InChI is InChI=1S/C16H22N4/c1-3-17-15-10-9-14(12(15)2)16-11-18-19-20(16)13-7-5-4-6-8-13/h4-8,11-12,14-15,17H,3,9-10H2,1-2H3. The van der Waals surface area contributed by atoms with Gasteiger partial charge in [0.05, 0.1) is 17.6 Å². The van der Waals surface area contributed by atoms with Crippen LogP contribution in [0.4, 0.5) is 0 Å². The lowest BCUT2D eigenvalue weighted by molar-refractivity contribution is 0.405. The van der Waals surface area contributed by atoms with Gasteiger partial charge in [-0.25, -0.2) is 4.68 Å². The molecular formula is C16H22N4. The van der Waals surface area contributed by atoms with Crippen molar-refractivity contribution in [3.8, 4) is 5.69 Å². The molecule has 20 heavy (non-hydrogen) atoms. The topological polar surface area (TPSA) is 42.7 Å². The van der Waals surface area contributed by atoms with Crippen LogP contribution in [0.1, 0.15) is 38.3 Å². The second-order valence-corrected chi connectivity index (χ2v) is 5.61. The van der Waals surface area contributed by atoms with Gasteiger partial charge in [0.2, 0.25) is 0 Å². The molecule has 1 aliphatic carbocycles. The molecule has 3 unspecified atom stereocenters. The molecule has 4 heteroatoms. The Labute approximate surface area is 120 Å². The van der Waals surface area contributed by atoms with Crippen LogP contribution in [0.15, 0.2) is 36.5 Å². The summed E-state index contributed by atoms with van der Waals surface area (Å²) in [6, 6.07) is 10.9. The van der Waals surface area contributed by atoms with E-state index in [9.17, 15) is 0 Å². The van der Waals surface area contributed by atoms with Gasteiger partial charge in [0.15, 0.2) is 0 Å². The molecule has 3 atom stereocenters. The van der Waals surface area contributed by atoms with Crippen LogP contribution in [0.25, 0.3) is 5.69 Å². The first kappa shape index (κ1) is 13.3. The average Bonchev–Trinajstić information content (AvgIpc) is 3.08. The highest BCUT2D eigenvalue weighted by molar-refractivity contribution is 5.32. The molecule has 0 radical (unpaired) electrons. The van der Waals surface area contributed by atoms with Crippen LogP contribution in [-0.4, -0.2) is 27.6 Å². The Hall–Kier alpha value is -1.68. The highest BCUT2D eigenvalue weighted by Crippen LogP contribution is 2.39. The maximum Gasteiger partial charge on any atom is 0.0732 e. The Bertz CT molecular complexity index is 549. The predicted molar refractivity (Wildman–Crippen MR) is 80.0 cm³/mol. The Morgan fingerprint density at radius 2 is 2.05 bits per heavy atom. The minimum atomic E-state index is 0.536. The molecule has 1 fully saturated rings. The highest BCUT2D eigenvalue weighted by atomic mass is 15.4. The number of benzene rings is 1. The Kier molecular flexibility index (Phi) is 3.83. The Morgan fingerprint density at radius 3 is 2.80 bits per heavy atom. The largest absolute Gasteiger partial charge is 0.314 e. The van der Waals surface area contributed by atoms with Crippen molar-refractivity contribution in [3.05, 3.63) is 42.2 Å². The third kappa shape index (κ3) is 2.36. The van der Waals surface area contributed by atoms with Gasteiger partial charge in [-0.15, -0.1) is 5.10 Å². The van der Waals surface area contributed by atoms with Gasteiger partial charge in [-0.1, -0.05) is 37.3 Å². The van der Waals surface area contributed by atoms with Gasteiger partial charge in [-0.2, -0.15) is 0 Å². The molecule has 0 spiro atoms. The van der Waals surface area contributed by atoms with Crippen LogP contribution in [0.5, 0.6) is 0 Å². The number of para-hydroxylation sites is 1. The molecule has 2 aromatic rings. The first-order chi connectivity index (χ1) is 9.81. The number of aromatic nitrogens is 3. The van der Waals surface area contributed by atoms with E-state index in [1.165, 1.54) is 18.5 Å². The number of rotatable bonds is 4. The lowest BCUT2D eigenvalue weighted by Gasteiger charge is -2.21. The smallest absolute Gasteiger partial charge is 0.0732 e. The highest BCUT2D eigenvalue weighted by Gasteiger charge is 2.35. The van der Waals surface area contributed by atoms with E-state index in [0.717, 1.165) is 12.2 Å². The number of nitrogens with one attached hydrogen (secondary N) is 1. The monoisotopic (exact) mass is 270 g/mol. The van der Waals surface area contributed by atoms with Crippen molar-refractivity contribution in [3.63, 3.8) is 0 Å². The first-order valence-electron chi connectivity index (χ1n) is 7.50. The number of hydrogen-bond acceptors (Lipinski definition) is 3. The van der Waals surface area contributed by atoms with Crippen molar-refractivity contribution in [2.75, 3.05) is 6.54 Å². The third-order valence-electron chi connectivity index (χ3n) is 4.48. The minimum Gasteiger partial charge on any atom is -0.314 e. The van der Waals surface area contributed by atoms with Crippen molar-refractivity contribution in [2.45, 2.75) is 38.6 Å². The zero-order chi connectivity index (χ0) is 13.9. The van der Waals surface area contributed by atoms with Crippen LogP contribution in [0.3, 0.4) is 0 Å². The van der Waals surface area contributed by atoms with E-state index in [0.29, 0.717) is 17.9 Å². The van der Waals surface area contributed by atoms with Gasteiger partial charge in [-0.05, 0) is 37.4 Å². The quantitative estimate of drug-likeness (QED) is 0.929. The fourth-order valence-corrected chi connectivity index (χ4v) is 3.40. The zero-order valence-corrected chi connectivity index (χ0v) is 12.2. The summed E-state index contributed by atoms with van der Waals surface area (Å²) in [5.41, 5.74) is 2.34.